The first-order valence-electron chi connectivity index (χ1n) is 24.0. The molecule has 74 heavy (non-hydrogen) atoms. The van der Waals surface area contributed by atoms with Gasteiger partial charge in [0.2, 0.25) is 24.0 Å². The number of hydrogen-bond acceptors (Lipinski definition) is 12. The molecule has 1 unspecified atom stereocenters. The van der Waals surface area contributed by atoms with Gasteiger partial charge in [0.15, 0.2) is 28.1 Å². The number of halogens is 3. The molecule has 374 valence electrons. The first-order chi connectivity index (χ1) is 35.7. The minimum Gasteiger partial charge on any atom is -0.506 e. The van der Waals surface area contributed by atoms with Gasteiger partial charge in [0, 0.05) is 50.3 Å². The zero-order valence-corrected chi connectivity index (χ0v) is 43.3. The van der Waals surface area contributed by atoms with Crippen molar-refractivity contribution in [2.24, 2.45) is 11.7 Å². The van der Waals surface area contributed by atoms with Gasteiger partial charge in [-0.2, -0.15) is 4.98 Å². The molecular weight excluding hydrogens is 1050 g/mol. The van der Waals surface area contributed by atoms with Crippen LogP contribution in [0.3, 0.4) is 0 Å². The molecule has 1 amide bonds. The van der Waals surface area contributed by atoms with Gasteiger partial charge in [-0.15, -0.1) is 0 Å². The van der Waals surface area contributed by atoms with Crippen molar-refractivity contribution in [3.63, 3.8) is 0 Å². The van der Waals surface area contributed by atoms with Gasteiger partial charge in [0.05, 0.1) is 28.3 Å². The lowest BCUT2D eigenvalue weighted by molar-refractivity contribution is -0.123. The zero-order chi connectivity index (χ0) is 51.3. The van der Waals surface area contributed by atoms with Crippen molar-refractivity contribution in [1.82, 2.24) is 35.1 Å². The second kappa shape index (κ2) is 18.3. The lowest BCUT2D eigenvalue weighted by Gasteiger charge is -2.32. The number of aliphatic hydroxyl groups is 1. The van der Waals surface area contributed by atoms with Crippen LogP contribution in [0.25, 0.3) is 67.2 Å². The van der Waals surface area contributed by atoms with E-state index in [1.807, 2.05) is 80.8 Å². The second-order valence-corrected chi connectivity index (χ2v) is 21.0. The molecule has 13 rings (SSSR count). The van der Waals surface area contributed by atoms with Crippen molar-refractivity contribution in [3.8, 4) is 56.9 Å². The molecule has 8 heterocycles. The molecule has 1 spiro atoms. The van der Waals surface area contributed by atoms with E-state index in [9.17, 15) is 15.0 Å². The molecule has 5 aromatic heterocycles. The van der Waals surface area contributed by atoms with Gasteiger partial charge in [-0.3, -0.25) is 9.69 Å². The first-order valence-corrected chi connectivity index (χ1v) is 25.5. The summed E-state index contributed by atoms with van der Waals surface area (Å²) < 4.78 is 26.1. The molecule has 10 bridgehead atoms. The number of aromatic hydroxyl groups is 1. The molecule has 7 N–H and O–H groups in total. The molecule has 15 nitrogen and oxygen atoms in total. The number of para-hydroxylation sites is 2. The number of rotatable bonds is 6. The van der Waals surface area contributed by atoms with Crippen LogP contribution in [-0.2, 0) is 23.1 Å². The molecule has 0 fully saturated rings. The fourth-order valence-corrected chi connectivity index (χ4v) is 11.6. The third-order valence-corrected chi connectivity index (χ3v) is 15.4. The Bertz CT molecular complexity index is 3820. The number of H-pyrrole nitrogens is 2. The standard InChI is InChI=1S/C35H26BrCl2N5O6.C21H21N3O/c1-12(2)23-32-42-24-28(49-32)35(17-9-13(10-18(36)25(17)44)11-19(39)31(45)41-23)16-7-3-6-15(26(16)48-34(35)46)14-5-4-8-20-21(14)22(29(37)40-20)27-30(38)43-33(24)47-27;1-24(2)19(12-15-8-4-3-5-9-15)21-23-14-20(25-21)17-13-22-18-11-7-6-10-16(17)18/h3-10,12,19,23,34,40,44,46H,11,39H2,1-2H3,(H,41,45);3-11,13-14,19,22H,12H2,1-2H3/t19-,23-,34?,35-;19-/m00/s1. The van der Waals surface area contributed by atoms with E-state index in [1.165, 1.54) is 5.56 Å². The summed E-state index contributed by atoms with van der Waals surface area (Å²) in [6.45, 7) is 3.81. The van der Waals surface area contributed by atoms with Crippen molar-refractivity contribution in [3.05, 3.63) is 170 Å². The molecule has 0 saturated heterocycles. The number of amides is 1. The third kappa shape index (κ3) is 7.65. The minimum atomic E-state index is -1.75. The number of ether oxygens (including phenoxy) is 1. The van der Waals surface area contributed by atoms with Crippen LogP contribution in [0.5, 0.6) is 11.5 Å². The predicted molar refractivity (Wildman–Crippen MR) is 285 cm³/mol. The van der Waals surface area contributed by atoms with Crippen LogP contribution in [0.1, 0.15) is 65.7 Å². The monoisotopic (exact) mass is 1090 g/mol. The van der Waals surface area contributed by atoms with Gasteiger partial charge in [0.1, 0.15) is 28.1 Å². The van der Waals surface area contributed by atoms with Crippen molar-refractivity contribution in [2.45, 2.75) is 56.5 Å². The van der Waals surface area contributed by atoms with Crippen LogP contribution in [0, 0.1) is 5.92 Å². The number of fused-ring (bicyclic) bond motifs is 9. The number of aromatic amines is 2. The molecule has 18 heteroatoms. The number of aromatic nitrogens is 5. The van der Waals surface area contributed by atoms with E-state index < -0.39 is 29.7 Å². The number of oxazole rings is 3. The number of hydrogen-bond donors (Lipinski definition) is 6. The highest BCUT2D eigenvalue weighted by atomic mass is 79.9. The smallest absolute Gasteiger partial charge is 0.250 e. The largest absolute Gasteiger partial charge is 0.506 e. The summed E-state index contributed by atoms with van der Waals surface area (Å²) in [6, 6.07) is 31.6. The van der Waals surface area contributed by atoms with Crippen molar-refractivity contribution < 1.29 is 33.0 Å². The molecule has 10 aromatic rings. The molecule has 5 atom stereocenters. The highest BCUT2D eigenvalue weighted by molar-refractivity contribution is 9.10. The Balaban J connectivity index is 0.000000186. The third-order valence-electron chi connectivity index (χ3n) is 14.3. The molecular formula is C56H47BrCl2N8O7. The topological polar surface area (TPSA) is 218 Å². The van der Waals surface area contributed by atoms with Crippen LogP contribution >= 0.6 is 39.1 Å². The second-order valence-electron chi connectivity index (χ2n) is 19.4. The van der Waals surface area contributed by atoms with Gasteiger partial charge in [-0.05, 0) is 83.7 Å². The van der Waals surface area contributed by atoms with Crippen LogP contribution in [0.2, 0.25) is 10.3 Å². The Morgan fingerprint density at radius 2 is 1.66 bits per heavy atom. The SMILES string of the molecule is CC(C)[C@@H]1NC(=O)[C@@H](N)Cc2cc(Br)c(O)c(c2)[C@]23c4cccc(c4OC2O)-c2cccc4[nH]c(Cl)c(c24)-c2oc(nc2Cl)-c2nc1oc23.CN(C)[C@@H](Cc1ccccc1)c1ncc(-c2c[nH]c3ccccc23)o1. The number of benzene rings is 5. The maximum Gasteiger partial charge on any atom is 0.250 e. The minimum absolute atomic E-state index is 0.0129. The number of nitrogens with zero attached hydrogens (tertiary/aromatic N) is 4. The van der Waals surface area contributed by atoms with Gasteiger partial charge < -0.3 is 49.2 Å². The Labute approximate surface area is 441 Å². The van der Waals surface area contributed by atoms with Crippen molar-refractivity contribution in [2.75, 3.05) is 14.1 Å². The molecule has 0 saturated carbocycles. The molecule has 3 aliphatic heterocycles. The number of phenolic OH excluding ortho intramolecular Hbond substituents is 1. The van der Waals surface area contributed by atoms with E-state index in [2.05, 4.69) is 96.6 Å². The molecule has 5 aromatic carbocycles. The lowest BCUT2D eigenvalue weighted by atomic mass is 9.70. The van der Waals surface area contributed by atoms with Crippen LogP contribution in [0.15, 0.2) is 133 Å². The van der Waals surface area contributed by atoms with E-state index in [0.29, 0.717) is 48.9 Å². The Morgan fingerprint density at radius 1 is 0.905 bits per heavy atom. The molecule has 0 radical (unpaired) electrons. The summed E-state index contributed by atoms with van der Waals surface area (Å²) in [6.07, 6.45) is 3.13. The van der Waals surface area contributed by atoms with E-state index >= 15 is 0 Å². The maximum atomic E-state index is 13.5. The lowest BCUT2D eigenvalue weighted by Crippen LogP contribution is -2.45. The zero-order valence-electron chi connectivity index (χ0n) is 40.2. The number of likely N-dealkylation sites (N-methyl/N-ethyl adjacent to an activating group) is 1. The van der Waals surface area contributed by atoms with Crippen LogP contribution in [0.4, 0.5) is 0 Å². The van der Waals surface area contributed by atoms with Gasteiger partial charge >= 0.3 is 0 Å². The van der Waals surface area contributed by atoms with E-state index in [4.69, 9.17) is 51.9 Å². The summed E-state index contributed by atoms with van der Waals surface area (Å²) in [5.74, 6) is 1.36. The first kappa shape index (κ1) is 47.8. The Morgan fingerprint density at radius 3 is 2.46 bits per heavy atom. The van der Waals surface area contributed by atoms with E-state index in [1.54, 1.807) is 12.1 Å². The van der Waals surface area contributed by atoms with Gasteiger partial charge in [-0.1, -0.05) is 122 Å². The fourth-order valence-electron chi connectivity index (χ4n) is 10.6. The highest BCUT2D eigenvalue weighted by Gasteiger charge is 2.59. The van der Waals surface area contributed by atoms with Gasteiger partial charge in [0.25, 0.3) is 5.89 Å². The Hall–Kier alpha value is -7.18. The Kier molecular flexibility index (Phi) is 11.8. The normalized spacial score (nSPS) is 19.0. The number of phenols is 1. The van der Waals surface area contributed by atoms with Crippen molar-refractivity contribution in [1.29, 1.82) is 0 Å². The number of carbonyl (C=O) groups excluding carboxylic acids is 1. The van der Waals surface area contributed by atoms with Crippen LogP contribution in [-0.4, -0.2) is 72.4 Å². The van der Waals surface area contributed by atoms with Crippen molar-refractivity contribution >= 4 is 66.8 Å². The van der Waals surface area contributed by atoms with Crippen LogP contribution < -0.4 is 15.8 Å². The summed E-state index contributed by atoms with van der Waals surface area (Å²) in [4.78, 5) is 36.2. The summed E-state index contributed by atoms with van der Waals surface area (Å²) >= 11 is 17.2. The van der Waals surface area contributed by atoms with E-state index in [0.717, 1.165) is 34.5 Å². The predicted octanol–water partition coefficient (Wildman–Crippen LogP) is 11.6. The number of nitrogens with one attached hydrogen (secondary N) is 3. The summed E-state index contributed by atoms with van der Waals surface area (Å²) in [7, 11) is 4.12. The average molecular weight is 1090 g/mol. The van der Waals surface area contributed by atoms with E-state index in [-0.39, 0.29) is 69.0 Å². The van der Waals surface area contributed by atoms with Gasteiger partial charge in [-0.25, -0.2) is 9.97 Å². The maximum absolute atomic E-state index is 13.5. The fraction of sp³-hybridized carbons (Fsp3) is 0.214. The molecule has 0 aliphatic carbocycles. The summed E-state index contributed by atoms with van der Waals surface area (Å²) in [5, 5.41) is 29.4. The number of carbonyl (C=O) groups is 1. The summed E-state index contributed by atoms with van der Waals surface area (Å²) in [5.41, 5.74) is 12.0. The average Bonchev–Trinajstić information content (AvgIpc) is 4.28. The molecule has 3 aliphatic rings. The quantitative estimate of drug-likeness (QED) is 0.0916. The number of nitrogens with two attached hydrogens (primary N) is 1. The highest BCUT2D eigenvalue weighted by Crippen LogP contribution is 2.60. The number of aliphatic hydroxyl groups excluding tert-OH is 1.